The van der Waals surface area contributed by atoms with Gasteiger partial charge in [0.15, 0.2) is 0 Å². The quantitative estimate of drug-likeness (QED) is 0.759. The number of rotatable bonds is 6. The molecule has 0 aliphatic carbocycles. The van der Waals surface area contributed by atoms with Crippen molar-refractivity contribution >= 4 is 16.7 Å². The van der Waals surface area contributed by atoms with E-state index in [-0.39, 0.29) is 0 Å². The van der Waals surface area contributed by atoms with E-state index in [1.54, 1.807) is 6.20 Å². The Hall–Kier alpha value is -2.21. The summed E-state index contributed by atoms with van der Waals surface area (Å²) in [5.41, 5.74) is 2.25. The molecule has 0 aliphatic rings. The smallest absolute Gasteiger partial charge is 0.202 e. The average Bonchev–Trinajstić information content (AvgIpc) is 3.17. The van der Waals surface area contributed by atoms with E-state index in [0.29, 0.717) is 6.54 Å². The van der Waals surface area contributed by atoms with Gasteiger partial charge in [0.25, 0.3) is 0 Å². The Balaban J connectivity index is 1.73. The van der Waals surface area contributed by atoms with E-state index in [0.717, 1.165) is 29.5 Å². The molecule has 0 aliphatic heterocycles. The largest absolute Gasteiger partial charge is 0.356 e. The molecule has 0 fully saturated rings. The summed E-state index contributed by atoms with van der Waals surface area (Å²) in [6.45, 7) is 2.84. The van der Waals surface area contributed by atoms with Gasteiger partial charge in [-0.2, -0.15) is 9.47 Å². The van der Waals surface area contributed by atoms with Gasteiger partial charge in [0.2, 0.25) is 5.13 Å². The Kier molecular flexibility index (Phi) is 4.25. The maximum atomic E-state index is 4.48. The van der Waals surface area contributed by atoms with Crippen LogP contribution in [0.5, 0.6) is 0 Å². The monoisotopic (exact) mass is 299 g/mol. The number of hydrogen-bond acceptors (Lipinski definition) is 5. The fraction of sp³-hybridized carbons (Fsp3) is 0.267. The molecule has 3 aromatic rings. The molecule has 108 valence electrons. The number of hydrogen-bond donors (Lipinski definition) is 1. The maximum absolute atomic E-state index is 4.48. The average molecular weight is 299 g/mol. The molecule has 5 nitrogen and oxygen atoms in total. The fourth-order valence-corrected chi connectivity index (χ4v) is 2.72. The van der Waals surface area contributed by atoms with E-state index in [1.165, 1.54) is 17.1 Å². The third-order valence-corrected chi connectivity index (χ3v) is 3.83. The van der Waals surface area contributed by atoms with Crippen molar-refractivity contribution in [3.05, 3.63) is 54.1 Å². The third-order valence-electron chi connectivity index (χ3n) is 3.11. The number of para-hydroxylation sites is 1. The lowest BCUT2D eigenvalue weighted by molar-refractivity contribution is 0.856. The zero-order valence-corrected chi connectivity index (χ0v) is 12.7. The molecule has 0 atom stereocenters. The maximum Gasteiger partial charge on any atom is 0.202 e. The van der Waals surface area contributed by atoms with Crippen molar-refractivity contribution in [3.63, 3.8) is 0 Å². The molecule has 3 rings (SSSR count). The highest BCUT2D eigenvalue weighted by atomic mass is 32.1. The predicted octanol–water partition coefficient (Wildman–Crippen LogP) is 3.29. The van der Waals surface area contributed by atoms with Crippen LogP contribution in [0, 0.1) is 0 Å². The van der Waals surface area contributed by atoms with Crippen LogP contribution in [0.1, 0.15) is 24.7 Å². The zero-order chi connectivity index (χ0) is 14.5. The Morgan fingerprint density at radius 2 is 2.14 bits per heavy atom. The number of benzene rings is 1. The van der Waals surface area contributed by atoms with Crippen LogP contribution in [0.4, 0.5) is 5.13 Å². The van der Waals surface area contributed by atoms with Crippen LogP contribution in [0.2, 0.25) is 0 Å². The van der Waals surface area contributed by atoms with Gasteiger partial charge in [-0.15, -0.1) is 0 Å². The Morgan fingerprint density at radius 1 is 1.24 bits per heavy atom. The van der Waals surface area contributed by atoms with Crippen LogP contribution >= 0.6 is 11.5 Å². The van der Waals surface area contributed by atoms with E-state index in [9.17, 15) is 0 Å². The first-order valence-electron chi connectivity index (χ1n) is 7.01. The summed E-state index contributed by atoms with van der Waals surface area (Å²) in [4.78, 5) is 4.48. The number of nitrogens with one attached hydrogen (secondary N) is 1. The molecule has 0 bridgehead atoms. The highest BCUT2D eigenvalue weighted by molar-refractivity contribution is 7.09. The lowest BCUT2D eigenvalue weighted by atomic mass is 10.2. The van der Waals surface area contributed by atoms with Crippen molar-refractivity contribution in [3.8, 4) is 5.69 Å². The van der Waals surface area contributed by atoms with E-state index < -0.39 is 0 Å². The Bertz CT molecular complexity index is 690. The topological polar surface area (TPSA) is 55.6 Å². The molecule has 0 spiro atoms. The Labute approximate surface area is 127 Å². The van der Waals surface area contributed by atoms with Crippen molar-refractivity contribution in [2.24, 2.45) is 0 Å². The van der Waals surface area contributed by atoms with Crippen LogP contribution in [-0.2, 0) is 13.0 Å². The van der Waals surface area contributed by atoms with E-state index in [4.69, 9.17) is 0 Å². The van der Waals surface area contributed by atoms with Crippen molar-refractivity contribution < 1.29 is 0 Å². The van der Waals surface area contributed by atoms with Gasteiger partial charge >= 0.3 is 0 Å². The third kappa shape index (κ3) is 3.28. The van der Waals surface area contributed by atoms with Gasteiger partial charge in [-0.05, 0) is 24.1 Å². The first-order valence-corrected chi connectivity index (χ1v) is 7.78. The fourth-order valence-electron chi connectivity index (χ4n) is 2.12. The summed E-state index contributed by atoms with van der Waals surface area (Å²) in [5.74, 6) is 0.922. The van der Waals surface area contributed by atoms with Crippen molar-refractivity contribution in [2.75, 3.05) is 5.32 Å². The van der Waals surface area contributed by atoms with Gasteiger partial charge < -0.3 is 5.32 Å². The predicted molar refractivity (Wildman–Crippen MR) is 84.8 cm³/mol. The molecule has 0 saturated heterocycles. The molecule has 2 heterocycles. The minimum Gasteiger partial charge on any atom is -0.356 e. The van der Waals surface area contributed by atoms with Crippen molar-refractivity contribution in [1.82, 2.24) is 19.1 Å². The molecular formula is C15H17N5S. The number of aromatic nitrogens is 4. The molecule has 2 aromatic heterocycles. The van der Waals surface area contributed by atoms with E-state index in [2.05, 4.69) is 38.8 Å². The van der Waals surface area contributed by atoms with Crippen molar-refractivity contribution in [2.45, 2.75) is 26.3 Å². The minimum absolute atomic E-state index is 0.705. The summed E-state index contributed by atoms with van der Waals surface area (Å²) in [6.07, 6.45) is 5.73. The molecule has 0 unspecified atom stereocenters. The lowest BCUT2D eigenvalue weighted by Gasteiger charge is -2.09. The van der Waals surface area contributed by atoms with Gasteiger partial charge in [0, 0.05) is 36.9 Å². The van der Waals surface area contributed by atoms with Gasteiger partial charge in [-0.1, -0.05) is 25.1 Å². The summed E-state index contributed by atoms with van der Waals surface area (Å²) in [7, 11) is 0. The second-order valence-electron chi connectivity index (χ2n) is 4.70. The first kappa shape index (κ1) is 13.8. The van der Waals surface area contributed by atoms with Crippen LogP contribution in [-0.4, -0.2) is 19.1 Å². The summed E-state index contributed by atoms with van der Waals surface area (Å²) >= 11 is 1.42. The molecule has 1 N–H and O–H groups in total. The van der Waals surface area contributed by atoms with Gasteiger partial charge in [-0.3, -0.25) is 0 Å². The number of anilines is 1. The van der Waals surface area contributed by atoms with Crippen LogP contribution < -0.4 is 5.32 Å². The second kappa shape index (κ2) is 6.49. The SMILES string of the molecule is CCCc1nsc(NCc2ccccc2-n2cccn2)n1. The van der Waals surface area contributed by atoms with Gasteiger partial charge in [0.05, 0.1) is 5.69 Å². The lowest BCUT2D eigenvalue weighted by Crippen LogP contribution is -2.05. The zero-order valence-electron chi connectivity index (χ0n) is 11.9. The summed E-state index contributed by atoms with van der Waals surface area (Å²) in [6, 6.07) is 10.1. The van der Waals surface area contributed by atoms with Gasteiger partial charge in [-0.25, -0.2) is 9.67 Å². The first-order chi connectivity index (χ1) is 10.4. The van der Waals surface area contributed by atoms with E-state index in [1.807, 2.05) is 29.1 Å². The molecule has 0 saturated carbocycles. The molecular weight excluding hydrogens is 282 g/mol. The van der Waals surface area contributed by atoms with Crippen molar-refractivity contribution in [1.29, 1.82) is 0 Å². The molecule has 0 radical (unpaired) electrons. The van der Waals surface area contributed by atoms with Crippen LogP contribution in [0.3, 0.4) is 0 Å². The number of nitrogens with zero attached hydrogens (tertiary/aromatic N) is 4. The normalized spacial score (nSPS) is 10.7. The summed E-state index contributed by atoms with van der Waals surface area (Å²) in [5, 5.41) is 8.51. The number of aryl methyl sites for hydroxylation is 1. The standard InChI is InChI=1S/C15H17N5S/c1-2-6-14-18-15(21-19-14)16-11-12-7-3-4-8-13(12)20-10-5-9-17-20/h3-5,7-10H,2,6,11H2,1H3,(H,16,18,19). The highest BCUT2D eigenvalue weighted by Crippen LogP contribution is 2.17. The molecule has 6 heteroatoms. The molecule has 1 aromatic carbocycles. The summed E-state index contributed by atoms with van der Waals surface area (Å²) < 4.78 is 6.22. The highest BCUT2D eigenvalue weighted by Gasteiger charge is 2.06. The Morgan fingerprint density at radius 3 is 2.95 bits per heavy atom. The molecule has 21 heavy (non-hydrogen) atoms. The van der Waals surface area contributed by atoms with Crippen LogP contribution in [0.15, 0.2) is 42.7 Å². The van der Waals surface area contributed by atoms with E-state index >= 15 is 0 Å². The van der Waals surface area contributed by atoms with Crippen LogP contribution in [0.25, 0.3) is 5.69 Å². The minimum atomic E-state index is 0.705. The molecule has 0 amide bonds. The second-order valence-corrected chi connectivity index (χ2v) is 5.45. The van der Waals surface area contributed by atoms with Gasteiger partial charge in [0.1, 0.15) is 5.82 Å².